The van der Waals surface area contributed by atoms with Gasteiger partial charge in [0.25, 0.3) is 5.91 Å². The maximum Gasteiger partial charge on any atom is 0.257 e. The number of carbonyl (C=O) groups is 1. The fraction of sp³-hybridized carbons (Fsp3) is 0.375. The third kappa shape index (κ3) is 3.40. The largest absolute Gasteiger partial charge is 0.395 e. The molecule has 6 nitrogen and oxygen atoms in total. The summed E-state index contributed by atoms with van der Waals surface area (Å²) in [5.41, 5.74) is 1.83. The molecule has 0 atom stereocenters. The van der Waals surface area contributed by atoms with Gasteiger partial charge in [-0.1, -0.05) is 0 Å². The summed E-state index contributed by atoms with van der Waals surface area (Å²) < 4.78 is 13.1. The zero-order valence-electron chi connectivity index (χ0n) is 12.7. The summed E-state index contributed by atoms with van der Waals surface area (Å²) in [6.45, 7) is 3.49. The number of H-pyrrole nitrogens is 1. The Bertz CT molecular complexity index is 663. The van der Waals surface area contributed by atoms with E-state index in [0.29, 0.717) is 30.9 Å². The van der Waals surface area contributed by atoms with Crippen molar-refractivity contribution in [2.24, 2.45) is 0 Å². The van der Waals surface area contributed by atoms with Crippen molar-refractivity contribution < 1.29 is 14.3 Å². The Morgan fingerprint density at radius 2 is 1.91 bits per heavy atom. The molecule has 1 aromatic carbocycles. The molecule has 0 unspecified atom stereocenters. The summed E-state index contributed by atoms with van der Waals surface area (Å²) in [5.74, 6) is -0.400. The van der Waals surface area contributed by atoms with Gasteiger partial charge < -0.3 is 10.0 Å². The van der Waals surface area contributed by atoms with E-state index in [-0.39, 0.29) is 18.3 Å². The molecule has 1 aromatic heterocycles. The number of hydrogen-bond acceptors (Lipinski definition) is 4. The normalized spacial score (nSPS) is 15.8. The lowest BCUT2D eigenvalue weighted by molar-refractivity contribution is 0.0616. The second kappa shape index (κ2) is 6.89. The van der Waals surface area contributed by atoms with Crippen LogP contribution in [0.25, 0.3) is 11.3 Å². The second-order valence-corrected chi connectivity index (χ2v) is 5.52. The maximum atomic E-state index is 13.1. The molecular formula is C16H19FN4O2. The van der Waals surface area contributed by atoms with E-state index >= 15 is 0 Å². The number of carbonyl (C=O) groups excluding carboxylic acids is 1. The molecule has 23 heavy (non-hydrogen) atoms. The number of nitrogens with zero attached hydrogens (tertiary/aromatic N) is 3. The van der Waals surface area contributed by atoms with E-state index in [2.05, 4.69) is 15.1 Å². The van der Waals surface area contributed by atoms with Crippen molar-refractivity contribution in [3.05, 3.63) is 41.8 Å². The van der Waals surface area contributed by atoms with Crippen molar-refractivity contribution >= 4 is 5.91 Å². The van der Waals surface area contributed by atoms with Crippen LogP contribution in [0.1, 0.15) is 10.4 Å². The van der Waals surface area contributed by atoms with E-state index in [9.17, 15) is 9.18 Å². The highest BCUT2D eigenvalue weighted by molar-refractivity contribution is 5.99. The van der Waals surface area contributed by atoms with E-state index in [1.807, 2.05) is 0 Å². The first-order chi connectivity index (χ1) is 11.2. The van der Waals surface area contributed by atoms with Gasteiger partial charge in [0.15, 0.2) is 0 Å². The van der Waals surface area contributed by atoms with Crippen molar-refractivity contribution in [3.63, 3.8) is 0 Å². The highest BCUT2D eigenvalue weighted by Gasteiger charge is 2.25. The Morgan fingerprint density at radius 3 is 2.57 bits per heavy atom. The van der Waals surface area contributed by atoms with Gasteiger partial charge in [0.05, 0.1) is 24.1 Å². The number of aromatic amines is 1. The van der Waals surface area contributed by atoms with E-state index < -0.39 is 0 Å². The molecule has 7 heteroatoms. The average Bonchev–Trinajstić information content (AvgIpc) is 3.05. The smallest absolute Gasteiger partial charge is 0.257 e. The van der Waals surface area contributed by atoms with Crippen LogP contribution >= 0.6 is 0 Å². The van der Waals surface area contributed by atoms with Crippen molar-refractivity contribution in [2.75, 3.05) is 39.3 Å². The highest BCUT2D eigenvalue weighted by Crippen LogP contribution is 2.23. The molecule has 0 bridgehead atoms. The number of aromatic nitrogens is 2. The van der Waals surface area contributed by atoms with Gasteiger partial charge >= 0.3 is 0 Å². The third-order valence-corrected chi connectivity index (χ3v) is 4.08. The molecule has 0 radical (unpaired) electrons. The Hall–Kier alpha value is -2.25. The molecule has 0 saturated carbocycles. The lowest BCUT2D eigenvalue weighted by Gasteiger charge is -2.34. The molecule has 3 rings (SSSR count). The van der Waals surface area contributed by atoms with Gasteiger partial charge in [0, 0.05) is 38.3 Å². The van der Waals surface area contributed by atoms with Crippen LogP contribution in [0.4, 0.5) is 4.39 Å². The van der Waals surface area contributed by atoms with Crippen LogP contribution in [0.3, 0.4) is 0 Å². The first-order valence-electron chi connectivity index (χ1n) is 7.61. The fourth-order valence-corrected chi connectivity index (χ4v) is 2.77. The van der Waals surface area contributed by atoms with Crippen LogP contribution in [0.15, 0.2) is 30.5 Å². The summed E-state index contributed by atoms with van der Waals surface area (Å²) in [5, 5.41) is 15.8. The van der Waals surface area contributed by atoms with Gasteiger partial charge in [-0.25, -0.2) is 4.39 Å². The number of aliphatic hydroxyl groups excluding tert-OH is 1. The zero-order chi connectivity index (χ0) is 16.2. The number of piperazine rings is 1. The fourth-order valence-electron chi connectivity index (χ4n) is 2.77. The summed E-state index contributed by atoms with van der Waals surface area (Å²) >= 11 is 0. The monoisotopic (exact) mass is 318 g/mol. The SMILES string of the molecule is O=C(c1cn[nH]c1-c1ccc(F)cc1)N1CCN(CCO)CC1. The van der Waals surface area contributed by atoms with Crippen LogP contribution in [-0.4, -0.2) is 70.3 Å². The van der Waals surface area contributed by atoms with Crippen molar-refractivity contribution in [1.82, 2.24) is 20.0 Å². The number of benzene rings is 1. The Labute approximate surface area is 133 Å². The van der Waals surface area contributed by atoms with Gasteiger partial charge in [-0.15, -0.1) is 0 Å². The number of hydrogen-bond donors (Lipinski definition) is 2. The molecule has 2 N–H and O–H groups in total. The van der Waals surface area contributed by atoms with E-state index in [1.165, 1.54) is 18.3 Å². The first kappa shape index (κ1) is 15.6. The van der Waals surface area contributed by atoms with Gasteiger partial charge in [-0.3, -0.25) is 14.8 Å². The maximum absolute atomic E-state index is 13.1. The van der Waals surface area contributed by atoms with Crippen LogP contribution in [0.2, 0.25) is 0 Å². The van der Waals surface area contributed by atoms with Crippen LogP contribution < -0.4 is 0 Å². The minimum absolute atomic E-state index is 0.0817. The van der Waals surface area contributed by atoms with E-state index in [1.54, 1.807) is 17.0 Å². The number of nitrogens with one attached hydrogen (secondary N) is 1. The molecule has 1 saturated heterocycles. The van der Waals surface area contributed by atoms with Gasteiger partial charge in [0.1, 0.15) is 5.82 Å². The van der Waals surface area contributed by atoms with Crippen LogP contribution in [0, 0.1) is 5.82 Å². The Morgan fingerprint density at radius 1 is 1.22 bits per heavy atom. The predicted octanol–water partition coefficient (Wildman–Crippen LogP) is 0.966. The molecule has 122 valence electrons. The standard InChI is InChI=1S/C16H19FN4O2/c17-13-3-1-12(2-4-13)15-14(11-18-19-15)16(23)21-7-5-20(6-8-21)9-10-22/h1-4,11,22H,5-10H2,(H,18,19). The number of halogens is 1. The second-order valence-electron chi connectivity index (χ2n) is 5.52. The van der Waals surface area contributed by atoms with Crippen LogP contribution in [0.5, 0.6) is 0 Å². The van der Waals surface area contributed by atoms with Gasteiger partial charge in [-0.05, 0) is 24.3 Å². The molecule has 2 aromatic rings. The topological polar surface area (TPSA) is 72.5 Å². The predicted molar refractivity (Wildman–Crippen MR) is 83.4 cm³/mol. The van der Waals surface area contributed by atoms with Crippen LogP contribution in [-0.2, 0) is 0 Å². The molecule has 1 aliphatic rings. The van der Waals surface area contributed by atoms with Crippen molar-refractivity contribution in [1.29, 1.82) is 0 Å². The number of amides is 1. The molecule has 1 amide bonds. The molecule has 1 aliphatic heterocycles. The quantitative estimate of drug-likeness (QED) is 0.881. The highest BCUT2D eigenvalue weighted by atomic mass is 19.1. The summed E-state index contributed by atoms with van der Waals surface area (Å²) in [6, 6.07) is 5.97. The lowest BCUT2D eigenvalue weighted by atomic mass is 10.1. The average molecular weight is 318 g/mol. The molecule has 0 aliphatic carbocycles. The molecule has 2 heterocycles. The number of aliphatic hydroxyl groups is 1. The summed E-state index contributed by atoms with van der Waals surface area (Å²) in [4.78, 5) is 16.6. The van der Waals surface area contributed by atoms with Gasteiger partial charge in [-0.2, -0.15) is 5.10 Å². The number of β-amino-alcohol motifs (C(OH)–C–C–N with tert-alkyl or cyclic N) is 1. The summed E-state index contributed by atoms with van der Waals surface area (Å²) in [6.07, 6.45) is 1.52. The molecular weight excluding hydrogens is 299 g/mol. The first-order valence-corrected chi connectivity index (χ1v) is 7.61. The molecule has 1 fully saturated rings. The summed E-state index contributed by atoms with van der Waals surface area (Å²) in [7, 11) is 0. The minimum Gasteiger partial charge on any atom is -0.395 e. The van der Waals surface area contributed by atoms with Crippen molar-refractivity contribution in [3.8, 4) is 11.3 Å². The zero-order valence-corrected chi connectivity index (χ0v) is 12.7. The third-order valence-electron chi connectivity index (χ3n) is 4.08. The Balaban J connectivity index is 1.74. The molecule has 0 spiro atoms. The van der Waals surface area contributed by atoms with Gasteiger partial charge in [0.2, 0.25) is 0 Å². The number of rotatable bonds is 4. The Kier molecular flexibility index (Phi) is 4.68. The van der Waals surface area contributed by atoms with Crippen molar-refractivity contribution in [2.45, 2.75) is 0 Å². The van der Waals surface area contributed by atoms with E-state index in [0.717, 1.165) is 18.7 Å². The minimum atomic E-state index is -0.318. The van der Waals surface area contributed by atoms with E-state index in [4.69, 9.17) is 5.11 Å². The lowest BCUT2D eigenvalue weighted by Crippen LogP contribution is -2.49.